The van der Waals surface area contributed by atoms with Crippen molar-refractivity contribution in [1.29, 1.82) is 0 Å². The van der Waals surface area contributed by atoms with Crippen molar-refractivity contribution in [2.75, 3.05) is 39.6 Å². The SMILES string of the molecule is CCC(C)CCCCCCCCC(=O)OC[C@H](COP(=O)(O)OC[C@H](O)COP(=O)(O)OC[C@@H](COC(=O)CCCCCCCCCCC(C)C)OC(=O)CCCCCCCCCCCCCCCC(C)C)OC(=O)CCCCCCCCCCCCCCCCCCC(C)C. The van der Waals surface area contributed by atoms with Crippen molar-refractivity contribution in [1.82, 2.24) is 0 Å². The number of phosphoric acid groups is 2. The van der Waals surface area contributed by atoms with E-state index in [0.717, 1.165) is 120 Å². The van der Waals surface area contributed by atoms with Gasteiger partial charge in [0.2, 0.25) is 0 Å². The van der Waals surface area contributed by atoms with Crippen LogP contribution in [-0.2, 0) is 65.4 Å². The average molecular weight is 1410 g/mol. The third-order valence-corrected chi connectivity index (χ3v) is 20.1. The van der Waals surface area contributed by atoms with Gasteiger partial charge in [0.25, 0.3) is 0 Å². The Hall–Kier alpha value is -1.94. The van der Waals surface area contributed by atoms with Gasteiger partial charge in [-0.3, -0.25) is 37.3 Å². The number of carbonyl (C=O) groups excluding carboxylic acids is 4. The molecular weight excluding hydrogens is 1260 g/mol. The van der Waals surface area contributed by atoms with Crippen molar-refractivity contribution in [3.8, 4) is 0 Å². The normalized spacial score (nSPS) is 14.4. The zero-order valence-corrected chi connectivity index (χ0v) is 64.8. The number of carbonyl (C=O) groups is 4. The Morgan fingerprint density at radius 2 is 0.500 bits per heavy atom. The van der Waals surface area contributed by atoms with E-state index in [1.807, 2.05) is 0 Å². The Morgan fingerprint density at radius 1 is 0.292 bits per heavy atom. The molecule has 0 heterocycles. The van der Waals surface area contributed by atoms with E-state index in [4.69, 9.17) is 37.0 Å². The number of hydrogen-bond donors (Lipinski definition) is 3. The van der Waals surface area contributed by atoms with Crippen molar-refractivity contribution < 1.29 is 80.2 Å². The molecular formula is C77H150O17P2. The topological polar surface area (TPSA) is 237 Å². The van der Waals surface area contributed by atoms with Crippen LogP contribution in [0.2, 0.25) is 0 Å². The van der Waals surface area contributed by atoms with Gasteiger partial charge in [-0.1, -0.05) is 338 Å². The molecule has 17 nitrogen and oxygen atoms in total. The minimum absolute atomic E-state index is 0.106. The maximum Gasteiger partial charge on any atom is 0.472 e. The molecule has 0 spiro atoms. The van der Waals surface area contributed by atoms with Crippen molar-refractivity contribution in [3.05, 3.63) is 0 Å². The fourth-order valence-electron chi connectivity index (χ4n) is 11.7. The molecule has 570 valence electrons. The molecule has 0 aliphatic carbocycles. The first-order chi connectivity index (χ1) is 46.1. The molecule has 6 atom stereocenters. The number of esters is 4. The molecule has 0 saturated heterocycles. The summed E-state index contributed by atoms with van der Waals surface area (Å²) in [6.45, 7) is 14.2. The van der Waals surface area contributed by atoms with Crippen LogP contribution >= 0.6 is 15.6 Å². The highest BCUT2D eigenvalue weighted by Gasteiger charge is 2.30. The minimum Gasteiger partial charge on any atom is -0.462 e. The number of aliphatic hydroxyl groups excluding tert-OH is 1. The number of rotatable bonds is 74. The molecule has 0 aromatic rings. The van der Waals surface area contributed by atoms with Gasteiger partial charge in [0.1, 0.15) is 19.3 Å². The van der Waals surface area contributed by atoms with Gasteiger partial charge in [-0.05, 0) is 49.4 Å². The second-order valence-corrected chi connectivity index (χ2v) is 32.3. The molecule has 0 aromatic heterocycles. The monoisotopic (exact) mass is 1410 g/mol. The van der Waals surface area contributed by atoms with E-state index in [0.29, 0.717) is 25.7 Å². The molecule has 0 bridgehead atoms. The maximum atomic E-state index is 13.1. The highest BCUT2D eigenvalue weighted by atomic mass is 31.2. The summed E-state index contributed by atoms with van der Waals surface area (Å²) in [6.07, 6.45) is 51.4. The van der Waals surface area contributed by atoms with Crippen LogP contribution in [0.15, 0.2) is 0 Å². The second-order valence-electron chi connectivity index (χ2n) is 29.4. The van der Waals surface area contributed by atoms with Crippen LogP contribution in [0.5, 0.6) is 0 Å². The molecule has 3 unspecified atom stereocenters. The van der Waals surface area contributed by atoms with E-state index in [-0.39, 0.29) is 25.7 Å². The van der Waals surface area contributed by atoms with Crippen molar-refractivity contribution in [3.63, 3.8) is 0 Å². The lowest BCUT2D eigenvalue weighted by Crippen LogP contribution is -2.30. The lowest BCUT2D eigenvalue weighted by atomic mass is 10.00. The zero-order chi connectivity index (χ0) is 71.0. The molecule has 0 aliphatic heterocycles. The Balaban J connectivity index is 5.22. The molecule has 0 aliphatic rings. The lowest BCUT2D eigenvalue weighted by Gasteiger charge is -2.21. The van der Waals surface area contributed by atoms with Gasteiger partial charge < -0.3 is 33.8 Å². The number of phosphoric ester groups is 2. The average Bonchev–Trinajstić information content (AvgIpc) is 3.07. The predicted molar refractivity (Wildman–Crippen MR) is 391 cm³/mol. The van der Waals surface area contributed by atoms with E-state index < -0.39 is 97.5 Å². The van der Waals surface area contributed by atoms with Crippen LogP contribution in [0.1, 0.15) is 389 Å². The van der Waals surface area contributed by atoms with Crippen LogP contribution in [0, 0.1) is 23.7 Å². The molecule has 0 fully saturated rings. The van der Waals surface area contributed by atoms with Crippen molar-refractivity contribution in [2.24, 2.45) is 23.7 Å². The zero-order valence-electron chi connectivity index (χ0n) is 63.0. The highest BCUT2D eigenvalue weighted by Crippen LogP contribution is 2.45. The summed E-state index contributed by atoms with van der Waals surface area (Å²) in [4.78, 5) is 72.8. The van der Waals surface area contributed by atoms with Gasteiger partial charge >= 0.3 is 39.5 Å². The molecule has 3 N–H and O–H groups in total. The second kappa shape index (κ2) is 66.3. The molecule has 0 aromatic carbocycles. The van der Waals surface area contributed by atoms with Crippen LogP contribution in [0.25, 0.3) is 0 Å². The molecule has 0 radical (unpaired) electrons. The first kappa shape index (κ1) is 94.1. The van der Waals surface area contributed by atoms with Crippen LogP contribution in [0.3, 0.4) is 0 Å². The van der Waals surface area contributed by atoms with Crippen molar-refractivity contribution >= 4 is 39.5 Å². The molecule has 0 rings (SSSR count). The summed E-state index contributed by atoms with van der Waals surface area (Å²) in [6, 6.07) is 0. The summed E-state index contributed by atoms with van der Waals surface area (Å²) in [5.74, 6) is 0.932. The number of aliphatic hydroxyl groups is 1. The van der Waals surface area contributed by atoms with E-state index in [1.165, 1.54) is 186 Å². The van der Waals surface area contributed by atoms with E-state index in [1.54, 1.807) is 0 Å². The van der Waals surface area contributed by atoms with Gasteiger partial charge in [0.15, 0.2) is 12.2 Å². The molecule has 96 heavy (non-hydrogen) atoms. The van der Waals surface area contributed by atoms with Crippen molar-refractivity contribution in [2.45, 2.75) is 408 Å². The third-order valence-electron chi connectivity index (χ3n) is 18.2. The number of hydrogen-bond acceptors (Lipinski definition) is 15. The third kappa shape index (κ3) is 69.2. The largest absolute Gasteiger partial charge is 0.472 e. The number of unbranched alkanes of at least 4 members (excludes halogenated alkanes) is 39. The smallest absolute Gasteiger partial charge is 0.462 e. The Labute approximate surface area is 588 Å². The van der Waals surface area contributed by atoms with Gasteiger partial charge in [-0.2, -0.15) is 0 Å². The molecule has 0 saturated carbocycles. The summed E-state index contributed by atoms with van der Waals surface area (Å²) >= 11 is 0. The van der Waals surface area contributed by atoms with Crippen LogP contribution in [0.4, 0.5) is 0 Å². The van der Waals surface area contributed by atoms with Gasteiger partial charge in [0, 0.05) is 25.7 Å². The number of ether oxygens (including phenoxy) is 4. The van der Waals surface area contributed by atoms with E-state index >= 15 is 0 Å². The first-order valence-corrected chi connectivity index (χ1v) is 42.7. The summed E-state index contributed by atoms with van der Waals surface area (Å²) < 4.78 is 68.5. The van der Waals surface area contributed by atoms with E-state index in [9.17, 15) is 43.2 Å². The van der Waals surface area contributed by atoms with Crippen LogP contribution in [-0.4, -0.2) is 96.7 Å². The van der Waals surface area contributed by atoms with Crippen LogP contribution < -0.4 is 0 Å². The Kier molecular flexibility index (Phi) is 65.0. The van der Waals surface area contributed by atoms with Gasteiger partial charge in [0.05, 0.1) is 26.4 Å². The Bertz CT molecular complexity index is 1890. The minimum atomic E-state index is -4.96. The first-order valence-electron chi connectivity index (χ1n) is 39.7. The highest BCUT2D eigenvalue weighted by molar-refractivity contribution is 7.47. The summed E-state index contributed by atoms with van der Waals surface area (Å²) in [5.41, 5.74) is 0. The Morgan fingerprint density at radius 3 is 0.740 bits per heavy atom. The predicted octanol–water partition coefficient (Wildman–Crippen LogP) is 22.4. The van der Waals surface area contributed by atoms with E-state index in [2.05, 4.69) is 55.4 Å². The standard InChI is InChI=1S/C77H150O17P2/c1-9-70(8)56-48-40-35-36-42-50-58-75(80)88-64-73(94-77(82)59-51-43-33-25-21-17-13-11-10-12-15-19-23-29-37-45-53-67(2)3)66-92-96(85,86)90-62-71(78)61-89-95(83,84)91-65-72(63-87-74(79)57-49-41-32-28-27-31-39-47-55-69(6)7)93-76(81)60-52-44-34-26-22-18-14-16-20-24-30-38-46-54-68(4)5/h67-73,78H,9-66H2,1-8H3,(H,83,84)(H,85,86)/t70?,71-,72-,73-/m1/s1. The van der Waals surface area contributed by atoms with Gasteiger partial charge in [-0.25, -0.2) is 9.13 Å². The lowest BCUT2D eigenvalue weighted by molar-refractivity contribution is -0.161. The summed E-state index contributed by atoms with van der Waals surface area (Å²) in [7, 11) is -9.91. The molecule has 19 heteroatoms. The maximum absolute atomic E-state index is 13.1. The fraction of sp³-hybridized carbons (Fsp3) is 0.948. The molecule has 0 amide bonds. The van der Waals surface area contributed by atoms with Gasteiger partial charge in [-0.15, -0.1) is 0 Å². The fourth-order valence-corrected chi connectivity index (χ4v) is 13.3. The quantitative estimate of drug-likeness (QED) is 0.0222. The summed E-state index contributed by atoms with van der Waals surface area (Å²) in [5, 5.41) is 10.6.